The molecule has 1 fully saturated rings. The van der Waals surface area contributed by atoms with Crippen LogP contribution in [0.3, 0.4) is 0 Å². The molecule has 1 aromatic rings. The van der Waals surface area contributed by atoms with Crippen molar-refractivity contribution in [3.05, 3.63) is 29.8 Å². The minimum Gasteiger partial charge on any atom is -0.406 e. The number of benzene rings is 1. The van der Waals surface area contributed by atoms with Crippen LogP contribution < -0.4 is 10.1 Å². The van der Waals surface area contributed by atoms with Gasteiger partial charge in [-0.25, -0.2) is 0 Å². The molecule has 1 amide bonds. The minimum atomic E-state index is -4.76. The second-order valence-corrected chi connectivity index (χ2v) is 4.95. The molecule has 0 saturated carbocycles. The number of likely N-dealkylation sites (N-methyl/N-ethyl adjacent to an activating group) is 1. The van der Waals surface area contributed by atoms with E-state index in [1.165, 1.54) is 18.2 Å². The summed E-state index contributed by atoms with van der Waals surface area (Å²) in [6.45, 7) is 1.17. The zero-order chi connectivity index (χ0) is 15.5. The molecule has 2 rings (SSSR count). The molecule has 7 heteroatoms. The molecule has 1 aliphatic heterocycles. The molecule has 1 N–H and O–H groups in total. The highest BCUT2D eigenvalue weighted by Gasteiger charge is 2.31. The molecule has 21 heavy (non-hydrogen) atoms. The lowest BCUT2D eigenvalue weighted by Crippen LogP contribution is -2.46. The maximum Gasteiger partial charge on any atom is 0.573 e. The monoisotopic (exact) mass is 302 g/mol. The number of hydrogen-bond acceptors (Lipinski definition) is 3. The van der Waals surface area contributed by atoms with E-state index in [1.54, 1.807) is 4.90 Å². The average Bonchev–Trinajstić information content (AvgIpc) is 2.45. The summed E-state index contributed by atoms with van der Waals surface area (Å²) in [5, 5.41) is 3.12. The van der Waals surface area contributed by atoms with E-state index in [-0.39, 0.29) is 23.3 Å². The van der Waals surface area contributed by atoms with E-state index in [9.17, 15) is 18.0 Å². The standard InChI is InChI=1S/C14H17F3N2O2/c1-18-11-5-3-7-19(9-11)13(20)10-4-2-6-12(8-10)21-14(15,16)17/h2,4,6,8,11,18H,3,5,7,9H2,1H3/t11-/m1/s1. The number of hydrogen-bond donors (Lipinski definition) is 1. The van der Waals surface area contributed by atoms with Gasteiger partial charge in [0.2, 0.25) is 0 Å². The number of amides is 1. The van der Waals surface area contributed by atoms with Crippen molar-refractivity contribution in [3.8, 4) is 5.75 Å². The summed E-state index contributed by atoms with van der Waals surface area (Å²) in [5.74, 6) is -0.655. The number of carbonyl (C=O) groups excluding carboxylic acids is 1. The van der Waals surface area contributed by atoms with Crippen LogP contribution in [0.25, 0.3) is 0 Å². The smallest absolute Gasteiger partial charge is 0.406 e. The first kappa shape index (κ1) is 15.6. The molecule has 0 aliphatic carbocycles. The van der Waals surface area contributed by atoms with Gasteiger partial charge in [-0.05, 0) is 38.1 Å². The van der Waals surface area contributed by atoms with E-state index in [1.807, 2.05) is 7.05 Å². The van der Waals surface area contributed by atoms with Crippen molar-refractivity contribution in [1.82, 2.24) is 10.2 Å². The second-order valence-electron chi connectivity index (χ2n) is 4.95. The van der Waals surface area contributed by atoms with Crippen molar-refractivity contribution in [2.45, 2.75) is 25.2 Å². The molecular formula is C14H17F3N2O2. The molecule has 1 aromatic carbocycles. The van der Waals surface area contributed by atoms with E-state index >= 15 is 0 Å². The predicted molar refractivity (Wildman–Crippen MR) is 71.1 cm³/mol. The molecule has 0 spiro atoms. The molecule has 1 aliphatic rings. The Balaban J connectivity index is 2.10. The van der Waals surface area contributed by atoms with Gasteiger partial charge in [0.25, 0.3) is 5.91 Å². The fraction of sp³-hybridized carbons (Fsp3) is 0.500. The van der Waals surface area contributed by atoms with Crippen LogP contribution in [0.1, 0.15) is 23.2 Å². The summed E-state index contributed by atoms with van der Waals surface area (Å²) in [6.07, 6.45) is -2.91. The number of likely N-dealkylation sites (tertiary alicyclic amines) is 1. The molecule has 1 atom stereocenters. The van der Waals surface area contributed by atoms with Crippen molar-refractivity contribution in [3.63, 3.8) is 0 Å². The summed E-state index contributed by atoms with van der Waals surface area (Å²) in [7, 11) is 1.83. The summed E-state index contributed by atoms with van der Waals surface area (Å²) in [5.41, 5.74) is 0.202. The van der Waals surface area contributed by atoms with Crippen LogP contribution in [0.5, 0.6) is 5.75 Å². The Bertz CT molecular complexity index is 505. The summed E-state index contributed by atoms with van der Waals surface area (Å²) < 4.78 is 40.4. The predicted octanol–water partition coefficient (Wildman–Crippen LogP) is 2.41. The fourth-order valence-electron chi connectivity index (χ4n) is 2.41. The molecular weight excluding hydrogens is 285 g/mol. The van der Waals surface area contributed by atoms with Crippen LogP contribution in [0, 0.1) is 0 Å². The zero-order valence-corrected chi connectivity index (χ0v) is 11.6. The number of halogens is 3. The lowest BCUT2D eigenvalue weighted by atomic mass is 10.0. The van der Waals surface area contributed by atoms with E-state index in [2.05, 4.69) is 10.1 Å². The highest BCUT2D eigenvalue weighted by atomic mass is 19.4. The lowest BCUT2D eigenvalue weighted by molar-refractivity contribution is -0.274. The van der Waals surface area contributed by atoms with Gasteiger partial charge in [0.1, 0.15) is 5.75 Å². The summed E-state index contributed by atoms with van der Waals surface area (Å²) >= 11 is 0. The van der Waals surface area contributed by atoms with Gasteiger partial charge < -0.3 is 15.0 Å². The van der Waals surface area contributed by atoms with Gasteiger partial charge in [-0.1, -0.05) is 6.07 Å². The third-order valence-electron chi connectivity index (χ3n) is 3.43. The third kappa shape index (κ3) is 4.35. The van der Waals surface area contributed by atoms with Gasteiger partial charge in [-0.15, -0.1) is 13.2 Å². The quantitative estimate of drug-likeness (QED) is 0.932. The Morgan fingerprint density at radius 3 is 2.86 bits per heavy atom. The topological polar surface area (TPSA) is 41.6 Å². The molecule has 0 bridgehead atoms. The Morgan fingerprint density at radius 2 is 2.19 bits per heavy atom. The average molecular weight is 302 g/mol. The van der Waals surface area contributed by atoms with Crippen LogP contribution >= 0.6 is 0 Å². The van der Waals surface area contributed by atoms with Crippen molar-refractivity contribution >= 4 is 5.91 Å². The zero-order valence-electron chi connectivity index (χ0n) is 11.6. The number of nitrogens with zero attached hydrogens (tertiary/aromatic N) is 1. The Kier molecular flexibility index (Phi) is 4.72. The van der Waals surface area contributed by atoms with E-state index in [0.717, 1.165) is 18.9 Å². The van der Waals surface area contributed by atoms with Crippen LogP contribution in [0.15, 0.2) is 24.3 Å². The Morgan fingerprint density at radius 1 is 1.43 bits per heavy atom. The van der Waals surface area contributed by atoms with Gasteiger partial charge in [-0.2, -0.15) is 0 Å². The first-order chi connectivity index (χ1) is 9.89. The van der Waals surface area contributed by atoms with Gasteiger partial charge in [0.05, 0.1) is 0 Å². The number of nitrogens with one attached hydrogen (secondary N) is 1. The first-order valence-electron chi connectivity index (χ1n) is 6.71. The molecule has 1 heterocycles. The fourth-order valence-corrected chi connectivity index (χ4v) is 2.41. The van der Waals surface area contributed by atoms with Gasteiger partial charge in [0, 0.05) is 24.7 Å². The number of carbonyl (C=O) groups is 1. The Hall–Kier alpha value is -1.76. The molecule has 1 saturated heterocycles. The van der Waals surface area contributed by atoms with Crippen LogP contribution in [0.2, 0.25) is 0 Å². The summed E-state index contributed by atoms with van der Waals surface area (Å²) in [4.78, 5) is 14.0. The van der Waals surface area contributed by atoms with Crippen molar-refractivity contribution in [2.24, 2.45) is 0 Å². The van der Waals surface area contributed by atoms with Gasteiger partial charge >= 0.3 is 6.36 Å². The third-order valence-corrected chi connectivity index (χ3v) is 3.43. The van der Waals surface area contributed by atoms with Crippen molar-refractivity contribution in [2.75, 3.05) is 20.1 Å². The molecule has 0 radical (unpaired) electrons. The molecule has 0 aromatic heterocycles. The van der Waals surface area contributed by atoms with Crippen molar-refractivity contribution in [1.29, 1.82) is 0 Å². The van der Waals surface area contributed by atoms with E-state index < -0.39 is 6.36 Å². The van der Waals surface area contributed by atoms with E-state index in [4.69, 9.17) is 0 Å². The molecule has 4 nitrogen and oxygen atoms in total. The SMILES string of the molecule is CN[C@@H]1CCCN(C(=O)c2cccc(OC(F)(F)F)c2)C1. The largest absolute Gasteiger partial charge is 0.573 e. The van der Waals surface area contributed by atoms with Crippen LogP contribution in [-0.2, 0) is 0 Å². The maximum atomic E-state index is 12.3. The number of ether oxygens (including phenoxy) is 1. The number of piperidine rings is 1. The summed E-state index contributed by atoms with van der Waals surface area (Å²) in [6, 6.07) is 5.40. The maximum absolute atomic E-state index is 12.3. The first-order valence-corrected chi connectivity index (χ1v) is 6.71. The molecule has 116 valence electrons. The van der Waals surface area contributed by atoms with E-state index in [0.29, 0.717) is 13.1 Å². The molecule has 0 unspecified atom stereocenters. The Labute approximate surface area is 120 Å². The lowest BCUT2D eigenvalue weighted by Gasteiger charge is -2.32. The van der Waals surface area contributed by atoms with Gasteiger partial charge in [-0.3, -0.25) is 4.79 Å². The number of alkyl halides is 3. The minimum absolute atomic E-state index is 0.202. The normalized spacial score (nSPS) is 19.4. The highest BCUT2D eigenvalue weighted by molar-refractivity contribution is 5.94. The van der Waals surface area contributed by atoms with Crippen LogP contribution in [0.4, 0.5) is 13.2 Å². The van der Waals surface area contributed by atoms with Gasteiger partial charge in [0.15, 0.2) is 0 Å². The van der Waals surface area contributed by atoms with Crippen molar-refractivity contribution < 1.29 is 22.7 Å². The second kappa shape index (κ2) is 6.34. The number of rotatable bonds is 3. The van der Waals surface area contributed by atoms with Crippen LogP contribution in [-0.4, -0.2) is 43.3 Å². The highest BCUT2D eigenvalue weighted by Crippen LogP contribution is 2.24.